The number of carbonyl (C=O) groups excluding carboxylic acids is 4. The van der Waals surface area contributed by atoms with Crippen LogP contribution < -0.4 is 0 Å². The van der Waals surface area contributed by atoms with Crippen LogP contribution in [0.2, 0.25) is 0 Å². The van der Waals surface area contributed by atoms with Gasteiger partial charge in [0.25, 0.3) is 0 Å². The highest BCUT2D eigenvalue weighted by atomic mass is 16.7. The highest BCUT2D eigenvalue weighted by Crippen LogP contribution is 2.74. The molecule has 4 aliphatic carbocycles. The Kier molecular flexibility index (Phi) is 6.27. The lowest BCUT2D eigenvalue weighted by Crippen LogP contribution is -2.65. The molecule has 0 bridgehead atoms. The van der Waals surface area contributed by atoms with E-state index in [0.717, 1.165) is 5.57 Å². The Morgan fingerprint density at radius 3 is 2.41 bits per heavy atom. The molecule has 0 unspecified atom stereocenters. The average Bonchev–Trinajstić information content (AvgIpc) is 3.52. The molecule has 0 aromatic carbocycles. The number of rotatable bonds is 4. The molecular weight excluding hydrogens is 528 g/mol. The number of hydrogen-bond donors (Lipinski definition) is 1. The molecule has 0 amide bonds. The minimum atomic E-state index is -1.52. The van der Waals surface area contributed by atoms with E-state index in [2.05, 4.69) is 6.92 Å². The summed E-state index contributed by atoms with van der Waals surface area (Å²) < 4.78 is 24.2. The molecule has 4 fully saturated rings. The van der Waals surface area contributed by atoms with Gasteiger partial charge in [-0.3, -0.25) is 14.4 Å². The first kappa shape index (κ1) is 28.6. The van der Waals surface area contributed by atoms with E-state index >= 15 is 0 Å². The van der Waals surface area contributed by atoms with E-state index in [1.165, 1.54) is 13.8 Å². The van der Waals surface area contributed by atoms with Crippen molar-refractivity contribution in [3.8, 4) is 0 Å². The molecule has 224 valence electrons. The van der Waals surface area contributed by atoms with Crippen LogP contribution in [0.3, 0.4) is 0 Å². The topological polar surface area (TPSA) is 129 Å². The SMILES string of the molecule is CC(=O)O[C@@H]1[C@H]2[C@@H]3C[C@@H](OC(C)=O)[C@H]([C@@](C)(O)[C@H]4CC(C)=C(C)C(=O)O4)[C@@]3(C)CC[C@@H]2[C@@]2(C)C(=O)C=CC[C@]23O[C@H]13. The fraction of sp³-hybridized carbons (Fsp3) is 0.750. The predicted octanol–water partition coefficient (Wildman–Crippen LogP) is 3.61. The lowest BCUT2D eigenvalue weighted by molar-refractivity contribution is -0.203. The van der Waals surface area contributed by atoms with Crippen LogP contribution in [-0.4, -0.2) is 64.4 Å². The largest absolute Gasteiger partial charge is 0.462 e. The highest BCUT2D eigenvalue weighted by Gasteiger charge is 2.82. The van der Waals surface area contributed by atoms with Crippen LogP contribution in [0.15, 0.2) is 23.3 Å². The third-order valence-corrected chi connectivity index (χ3v) is 12.2. The molecule has 9 nitrogen and oxygen atoms in total. The Labute approximate surface area is 241 Å². The molecule has 1 N–H and O–H groups in total. The third kappa shape index (κ3) is 3.73. The van der Waals surface area contributed by atoms with Crippen molar-refractivity contribution in [2.24, 2.45) is 34.5 Å². The Morgan fingerprint density at radius 2 is 1.78 bits per heavy atom. The van der Waals surface area contributed by atoms with Gasteiger partial charge in [0.05, 0.1) is 5.41 Å². The number of epoxide rings is 1. The van der Waals surface area contributed by atoms with E-state index in [1.54, 1.807) is 19.9 Å². The van der Waals surface area contributed by atoms with Crippen LogP contribution in [0, 0.1) is 34.5 Å². The molecule has 1 saturated heterocycles. The molecule has 6 rings (SSSR count). The molecule has 0 radical (unpaired) electrons. The van der Waals surface area contributed by atoms with Gasteiger partial charge in [0.15, 0.2) is 5.78 Å². The van der Waals surface area contributed by atoms with Gasteiger partial charge in [-0.25, -0.2) is 4.79 Å². The fourth-order valence-electron chi connectivity index (χ4n) is 10.2. The second-order valence-corrected chi connectivity index (χ2v) is 14.1. The maximum Gasteiger partial charge on any atom is 0.334 e. The molecule has 9 heteroatoms. The zero-order valence-corrected chi connectivity index (χ0v) is 25.0. The van der Waals surface area contributed by atoms with Crippen molar-refractivity contribution in [3.05, 3.63) is 23.3 Å². The first-order valence-electron chi connectivity index (χ1n) is 14.9. The second-order valence-electron chi connectivity index (χ2n) is 14.1. The Balaban J connectivity index is 1.44. The van der Waals surface area contributed by atoms with Gasteiger partial charge >= 0.3 is 17.9 Å². The lowest BCUT2D eigenvalue weighted by atomic mass is 9.43. The van der Waals surface area contributed by atoms with E-state index in [-0.39, 0.29) is 23.5 Å². The van der Waals surface area contributed by atoms with Crippen molar-refractivity contribution in [2.45, 2.75) is 116 Å². The maximum atomic E-state index is 13.6. The minimum absolute atomic E-state index is 0.0379. The summed E-state index contributed by atoms with van der Waals surface area (Å²) in [6.07, 6.45) is 3.83. The van der Waals surface area contributed by atoms with Crippen molar-refractivity contribution in [1.29, 1.82) is 0 Å². The van der Waals surface area contributed by atoms with E-state index in [4.69, 9.17) is 18.9 Å². The van der Waals surface area contributed by atoms with Crippen molar-refractivity contribution >= 4 is 23.7 Å². The number of esters is 3. The first-order chi connectivity index (χ1) is 19.1. The second kappa shape index (κ2) is 8.99. The van der Waals surface area contributed by atoms with Crippen LogP contribution in [0.25, 0.3) is 0 Å². The highest BCUT2D eigenvalue weighted by molar-refractivity contribution is 5.98. The van der Waals surface area contributed by atoms with Gasteiger partial charge in [-0.05, 0) is 76.7 Å². The molecule has 1 spiro atoms. The Morgan fingerprint density at radius 1 is 1.10 bits per heavy atom. The molecule has 0 aromatic rings. The quantitative estimate of drug-likeness (QED) is 0.306. The molecule has 41 heavy (non-hydrogen) atoms. The first-order valence-corrected chi connectivity index (χ1v) is 14.9. The van der Waals surface area contributed by atoms with Gasteiger partial charge in [-0.15, -0.1) is 0 Å². The van der Waals surface area contributed by atoms with Crippen LogP contribution in [0.1, 0.15) is 80.6 Å². The van der Waals surface area contributed by atoms with Gasteiger partial charge in [-0.2, -0.15) is 0 Å². The number of fused-ring (bicyclic) bond motifs is 4. The zero-order valence-electron chi connectivity index (χ0n) is 25.0. The summed E-state index contributed by atoms with van der Waals surface area (Å²) >= 11 is 0. The summed E-state index contributed by atoms with van der Waals surface area (Å²) in [7, 11) is 0. The number of ether oxygens (including phenoxy) is 4. The van der Waals surface area contributed by atoms with E-state index in [0.29, 0.717) is 37.7 Å². The molecule has 6 aliphatic rings. The summed E-state index contributed by atoms with van der Waals surface area (Å²) in [5.74, 6) is -2.35. The van der Waals surface area contributed by atoms with Crippen molar-refractivity contribution in [1.82, 2.24) is 0 Å². The predicted molar refractivity (Wildman–Crippen MR) is 145 cm³/mol. The molecule has 3 saturated carbocycles. The van der Waals surface area contributed by atoms with Gasteiger partial charge in [-0.1, -0.05) is 18.6 Å². The van der Waals surface area contributed by atoms with E-state index < -0.39 is 70.3 Å². The van der Waals surface area contributed by atoms with Crippen LogP contribution >= 0.6 is 0 Å². The number of hydrogen-bond acceptors (Lipinski definition) is 9. The molecule has 12 atom stereocenters. The monoisotopic (exact) mass is 570 g/mol. The summed E-state index contributed by atoms with van der Waals surface area (Å²) in [4.78, 5) is 51.2. The summed E-state index contributed by atoms with van der Waals surface area (Å²) in [6, 6.07) is 0. The minimum Gasteiger partial charge on any atom is -0.462 e. The molecule has 0 aromatic heterocycles. The van der Waals surface area contributed by atoms with Crippen LogP contribution in [0.5, 0.6) is 0 Å². The van der Waals surface area contributed by atoms with Gasteiger partial charge < -0.3 is 24.1 Å². The molecular formula is C32H42O9. The van der Waals surface area contributed by atoms with Gasteiger partial charge in [0, 0.05) is 37.7 Å². The number of cyclic esters (lactones) is 1. The fourth-order valence-corrected chi connectivity index (χ4v) is 10.2. The lowest BCUT2D eigenvalue weighted by Gasteiger charge is -2.59. The Bertz CT molecular complexity index is 1280. The molecule has 2 heterocycles. The standard InChI is InChI=1S/C32H42O9/c1-15-13-23(40-28(36)16(15)2)31(7,37)26-21(38-17(3)33)14-20-24-19(10-12-29(20,26)5)30(6)22(35)9-8-11-32(30)27(41-32)25(24)39-18(4)34/h8-9,19-21,23-27,37H,10-14H2,1-7H3/t19-,20-,21+,23+,24+,25+,26-,27+,29-,30-,31-,32+/m0/s1. The zero-order chi connectivity index (χ0) is 29.9. The smallest absolute Gasteiger partial charge is 0.334 e. The van der Waals surface area contributed by atoms with Crippen LogP contribution in [0.4, 0.5) is 0 Å². The summed E-state index contributed by atoms with van der Waals surface area (Å²) in [5.41, 5.74) is -2.15. The van der Waals surface area contributed by atoms with Gasteiger partial charge in [0.1, 0.15) is 35.6 Å². The van der Waals surface area contributed by atoms with Crippen molar-refractivity contribution in [2.75, 3.05) is 0 Å². The molecule has 2 aliphatic heterocycles. The Hall–Kier alpha value is -2.52. The van der Waals surface area contributed by atoms with E-state index in [1.807, 2.05) is 19.9 Å². The van der Waals surface area contributed by atoms with Gasteiger partial charge in [0.2, 0.25) is 0 Å². The normalized spacial score (nSPS) is 47.7. The maximum absolute atomic E-state index is 13.6. The average molecular weight is 571 g/mol. The van der Waals surface area contributed by atoms with Crippen molar-refractivity contribution in [3.63, 3.8) is 0 Å². The summed E-state index contributed by atoms with van der Waals surface area (Å²) in [6.45, 7) is 12.2. The number of aliphatic hydroxyl groups is 1. The van der Waals surface area contributed by atoms with Crippen LogP contribution in [-0.2, 0) is 38.1 Å². The summed E-state index contributed by atoms with van der Waals surface area (Å²) in [5, 5.41) is 12.3. The third-order valence-electron chi connectivity index (χ3n) is 12.2. The van der Waals surface area contributed by atoms with E-state index in [9.17, 15) is 24.3 Å². The number of allylic oxidation sites excluding steroid dienone is 1. The number of carbonyl (C=O) groups is 4. The van der Waals surface area contributed by atoms with Crippen molar-refractivity contribution < 1.29 is 43.2 Å². The number of ketones is 1.